The highest BCUT2D eigenvalue weighted by Gasteiger charge is 2.33. The van der Waals surface area contributed by atoms with Crippen molar-refractivity contribution in [3.05, 3.63) is 98.5 Å². The quantitative estimate of drug-likeness (QED) is 0.294. The number of carboxylic acid groups (broad SMARTS) is 1. The maximum Gasteiger partial charge on any atom is 0.416 e. The molecular formula is C32H28F3N7O3. The fourth-order valence-electron chi connectivity index (χ4n) is 5.70. The third kappa shape index (κ3) is 5.85. The Morgan fingerprint density at radius 3 is 2.51 bits per heavy atom. The molecule has 1 aliphatic heterocycles. The SMILES string of the molecule is Cc1cc(C(C)Nc2ccccc2C(=O)O)c2nc(N3CCN(c4ccc(C(F)(F)F)cc4C#N)CC3C)c(C#N)c(=O)n2c1. The van der Waals surface area contributed by atoms with Crippen LogP contribution in [0.5, 0.6) is 0 Å². The van der Waals surface area contributed by atoms with Gasteiger partial charge in [-0.1, -0.05) is 12.1 Å². The molecule has 13 heteroatoms. The van der Waals surface area contributed by atoms with Crippen LogP contribution in [0.15, 0.2) is 59.5 Å². The Labute approximate surface area is 256 Å². The van der Waals surface area contributed by atoms with Crippen LogP contribution in [0.25, 0.3) is 5.65 Å². The molecule has 2 unspecified atom stereocenters. The van der Waals surface area contributed by atoms with Crippen molar-refractivity contribution in [3.63, 3.8) is 0 Å². The van der Waals surface area contributed by atoms with Crippen molar-refractivity contribution in [2.45, 2.75) is 39.0 Å². The number of carbonyl (C=O) groups is 1. The molecule has 0 bridgehead atoms. The number of nitrogens with one attached hydrogen (secondary N) is 1. The number of anilines is 3. The second-order valence-electron chi connectivity index (χ2n) is 10.9. The fraction of sp³-hybridized carbons (Fsp3) is 0.281. The van der Waals surface area contributed by atoms with Gasteiger partial charge in [0, 0.05) is 43.1 Å². The number of aromatic carboxylic acids is 1. The number of pyridine rings is 1. The number of aromatic nitrogens is 2. The van der Waals surface area contributed by atoms with Gasteiger partial charge in [-0.25, -0.2) is 9.78 Å². The number of alkyl halides is 3. The third-order valence-corrected chi connectivity index (χ3v) is 7.86. The van der Waals surface area contributed by atoms with Gasteiger partial charge in [0.25, 0.3) is 5.56 Å². The Kier molecular flexibility index (Phi) is 8.13. The Hall–Kier alpha value is -5.56. The number of hydrogen-bond donors (Lipinski definition) is 2. The number of benzene rings is 2. The topological polar surface area (TPSA) is 138 Å². The van der Waals surface area contributed by atoms with Crippen LogP contribution < -0.4 is 20.7 Å². The van der Waals surface area contributed by atoms with Gasteiger partial charge in [0.05, 0.1) is 28.4 Å². The molecule has 10 nitrogen and oxygen atoms in total. The van der Waals surface area contributed by atoms with Crippen molar-refractivity contribution in [1.82, 2.24) is 9.38 Å². The number of hydrogen-bond acceptors (Lipinski definition) is 8. The van der Waals surface area contributed by atoms with Gasteiger partial charge in [0.15, 0.2) is 11.4 Å². The summed E-state index contributed by atoms with van der Waals surface area (Å²) >= 11 is 0. The number of nitriles is 2. The number of aryl methyl sites for hydroxylation is 1. The van der Waals surface area contributed by atoms with Gasteiger partial charge in [-0.15, -0.1) is 0 Å². The standard InChI is InChI=1S/C32H28F3N7O3/c1-18-12-24(20(3)38-26-7-5-4-6-23(26)31(44)45)28-39-29(25(15-37)30(43)42(28)16-18)41-11-10-40(17-19(41)2)27-9-8-22(32(33,34)35)13-21(27)14-36/h4-9,12-13,16,19-20,38H,10-11,17H2,1-3H3,(H,44,45). The minimum atomic E-state index is -4.58. The minimum Gasteiger partial charge on any atom is -0.478 e. The summed E-state index contributed by atoms with van der Waals surface area (Å²) in [4.78, 5) is 33.9. The molecule has 0 radical (unpaired) electrons. The lowest BCUT2D eigenvalue weighted by Crippen LogP contribution is -2.53. The maximum atomic E-state index is 13.7. The van der Waals surface area contributed by atoms with E-state index in [1.807, 2.05) is 37.0 Å². The fourth-order valence-corrected chi connectivity index (χ4v) is 5.70. The molecule has 2 atom stereocenters. The highest BCUT2D eigenvalue weighted by atomic mass is 19.4. The van der Waals surface area contributed by atoms with Crippen LogP contribution in [0, 0.1) is 29.6 Å². The normalized spacial score (nSPS) is 15.8. The molecule has 0 spiro atoms. The minimum absolute atomic E-state index is 0.0817. The number of carboxylic acids is 1. The van der Waals surface area contributed by atoms with Crippen LogP contribution in [0.3, 0.4) is 0 Å². The zero-order valence-corrected chi connectivity index (χ0v) is 24.6. The van der Waals surface area contributed by atoms with E-state index in [1.165, 1.54) is 16.5 Å². The molecule has 2 N–H and O–H groups in total. The average molecular weight is 616 g/mol. The molecule has 1 saturated heterocycles. The first-order valence-electron chi connectivity index (χ1n) is 14.0. The van der Waals surface area contributed by atoms with Gasteiger partial charge in [0.2, 0.25) is 0 Å². The predicted octanol–water partition coefficient (Wildman–Crippen LogP) is 5.35. The smallest absolute Gasteiger partial charge is 0.416 e. The number of halogens is 3. The summed E-state index contributed by atoms with van der Waals surface area (Å²) < 4.78 is 41.0. The summed E-state index contributed by atoms with van der Waals surface area (Å²) in [5.74, 6) is -0.924. The number of piperazine rings is 1. The van der Waals surface area contributed by atoms with E-state index in [1.54, 1.807) is 36.2 Å². The van der Waals surface area contributed by atoms with E-state index in [2.05, 4.69) is 5.32 Å². The van der Waals surface area contributed by atoms with Crippen LogP contribution in [0.4, 0.5) is 30.4 Å². The molecule has 45 heavy (non-hydrogen) atoms. The highest BCUT2D eigenvalue weighted by molar-refractivity contribution is 5.94. The largest absolute Gasteiger partial charge is 0.478 e. The number of nitrogens with zero attached hydrogens (tertiary/aromatic N) is 6. The molecule has 3 heterocycles. The van der Waals surface area contributed by atoms with Crippen LogP contribution in [0.1, 0.15) is 58.1 Å². The lowest BCUT2D eigenvalue weighted by atomic mass is 10.0. The van der Waals surface area contributed by atoms with Crippen LogP contribution in [-0.4, -0.2) is 46.1 Å². The van der Waals surface area contributed by atoms with Crippen molar-refractivity contribution in [2.75, 3.05) is 34.8 Å². The van der Waals surface area contributed by atoms with Gasteiger partial charge in [-0.3, -0.25) is 9.20 Å². The Morgan fingerprint density at radius 1 is 1.13 bits per heavy atom. The van der Waals surface area contributed by atoms with E-state index < -0.39 is 29.3 Å². The summed E-state index contributed by atoms with van der Waals surface area (Å²) in [6.07, 6.45) is -2.99. The molecule has 1 aliphatic rings. The summed E-state index contributed by atoms with van der Waals surface area (Å²) in [7, 11) is 0. The van der Waals surface area contributed by atoms with Gasteiger partial charge in [-0.05, 0) is 62.7 Å². The molecular weight excluding hydrogens is 587 g/mol. The molecule has 1 fully saturated rings. The second kappa shape index (κ2) is 11.8. The van der Waals surface area contributed by atoms with E-state index in [9.17, 15) is 38.4 Å². The molecule has 230 valence electrons. The average Bonchev–Trinajstić information content (AvgIpc) is 3.00. The molecule has 0 saturated carbocycles. The van der Waals surface area contributed by atoms with Crippen molar-refractivity contribution in [2.24, 2.45) is 0 Å². The molecule has 0 aliphatic carbocycles. The molecule has 0 amide bonds. The molecule has 5 rings (SSSR count). The molecule has 2 aromatic carbocycles. The Balaban J connectivity index is 1.53. The van der Waals surface area contributed by atoms with E-state index in [0.29, 0.717) is 23.5 Å². The van der Waals surface area contributed by atoms with Gasteiger partial charge in [-0.2, -0.15) is 23.7 Å². The number of para-hydroxylation sites is 1. The Bertz CT molecular complexity index is 1960. The first-order valence-corrected chi connectivity index (χ1v) is 14.0. The van der Waals surface area contributed by atoms with E-state index in [-0.39, 0.29) is 47.3 Å². The van der Waals surface area contributed by atoms with E-state index in [0.717, 1.165) is 17.7 Å². The molecule has 2 aromatic heterocycles. The van der Waals surface area contributed by atoms with Crippen molar-refractivity contribution >= 4 is 28.8 Å². The summed E-state index contributed by atoms with van der Waals surface area (Å²) in [5, 5.41) is 32.5. The summed E-state index contributed by atoms with van der Waals surface area (Å²) in [5.41, 5.74) is 0.721. The van der Waals surface area contributed by atoms with Crippen LogP contribution >= 0.6 is 0 Å². The number of fused-ring (bicyclic) bond motifs is 1. The van der Waals surface area contributed by atoms with Crippen LogP contribution in [-0.2, 0) is 6.18 Å². The van der Waals surface area contributed by atoms with Gasteiger partial charge >= 0.3 is 12.1 Å². The lowest BCUT2D eigenvalue weighted by Gasteiger charge is -2.42. The van der Waals surface area contributed by atoms with Crippen molar-refractivity contribution < 1.29 is 23.1 Å². The summed E-state index contributed by atoms with van der Waals surface area (Å²) in [6.45, 7) is 6.31. The third-order valence-electron chi connectivity index (χ3n) is 7.86. The Morgan fingerprint density at radius 2 is 1.87 bits per heavy atom. The zero-order chi connectivity index (χ0) is 32.6. The maximum absolute atomic E-state index is 13.7. The van der Waals surface area contributed by atoms with Gasteiger partial charge < -0.3 is 20.2 Å². The second-order valence-corrected chi connectivity index (χ2v) is 10.9. The number of rotatable bonds is 6. The van der Waals surface area contributed by atoms with E-state index in [4.69, 9.17) is 4.98 Å². The summed E-state index contributed by atoms with van der Waals surface area (Å²) in [6, 6.07) is 14.4. The van der Waals surface area contributed by atoms with Gasteiger partial charge in [0.1, 0.15) is 17.8 Å². The first kappa shape index (κ1) is 30.9. The van der Waals surface area contributed by atoms with Crippen molar-refractivity contribution in [3.8, 4) is 12.1 Å². The zero-order valence-electron chi connectivity index (χ0n) is 24.6. The first-order chi connectivity index (χ1) is 21.3. The van der Waals surface area contributed by atoms with E-state index >= 15 is 0 Å². The molecule has 4 aromatic rings. The monoisotopic (exact) mass is 615 g/mol. The highest BCUT2D eigenvalue weighted by Crippen LogP contribution is 2.34. The van der Waals surface area contributed by atoms with Crippen LogP contribution in [0.2, 0.25) is 0 Å². The lowest BCUT2D eigenvalue weighted by molar-refractivity contribution is -0.137. The predicted molar refractivity (Wildman–Crippen MR) is 162 cm³/mol. The van der Waals surface area contributed by atoms with Crippen molar-refractivity contribution in [1.29, 1.82) is 10.5 Å².